The highest BCUT2D eigenvalue weighted by Crippen LogP contribution is 2.37. The van der Waals surface area contributed by atoms with Crippen LogP contribution >= 0.6 is 20.0 Å². The van der Waals surface area contributed by atoms with Gasteiger partial charge in [-0.15, -0.1) is 18.2 Å². The fourth-order valence-electron chi connectivity index (χ4n) is 3.09. The lowest BCUT2D eigenvalue weighted by atomic mass is 10.1. The number of benzene rings is 1. The molecule has 0 fully saturated rings. The maximum Gasteiger partial charge on any atom is 0.254 e. The monoisotopic (exact) mass is 526 g/mol. The zero-order chi connectivity index (χ0) is 26.8. The van der Waals surface area contributed by atoms with Gasteiger partial charge in [-0.2, -0.15) is 0 Å². The van der Waals surface area contributed by atoms with Gasteiger partial charge < -0.3 is 19.1 Å². The number of hydrogen-bond acceptors (Lipinski definition) is 5. The number of amides is 1. The molecule has 0 unspecified atom stereocenters. The molecular weight excluding hydrogens is 487 g/mol. The van der Waals surface area contributed by atoms with Crippen LogP contribution < -0.4 is 10.1 Å². The van der Waals surface area contributed by atoms with E-state index in [-0.39, 0.29) is 18.0 Å². The largest absolute Gasteiger partial charge is 0.497 e. The zero-order valence-electron chi connectivity index (χ0n) is 22.0. The third-order valence-electron chi connectivity index (χ3n) is 4.46. The number of hydrogen-bond donors (Lipinski definition) is 1. The molecule has 0 spiro atoms. The Labute approximate surface area is 216 Å². The summed E-state index contributed by atoms with van der Waals surface area (Å²) in [5.41, 5.74) is 2.44. The van der Waals surface area contributed by atoms with Crippen molar-refractivity contribution in [3.63, 3.8) is 0 Å². The molecule has 1 aromatic heterocycles. The summed E-state index contributed by atoms with van der Waals surface area (Å²) in [6.45, 7) is 16.1. The van der Waals surface area contributed by atoms with Crippen LogP contribution in [0.1, 0.15) is 50.7 Å². The number of aromatic nitrogens is 1. The first kappa shape index (κ1) is 32.8. The second kappa shape index (κ2) is 19.1. The third-order valence-corrected chi connectivity index (χ3v) is 6.32. The summed E-state index contributed by atoms with van der Waals surface area (Å²) < 4.78 is 18.0. The van der Waals surface area contributed by atoms with E-state index >= 15 is 0 Å². The molecule has 0 saturated heterocycles. The number of nitrogens with zero attached hydrogens (tertiary/aromatic N) is 1. The van der Waals surface area contributed by atoms with E-state index in [0.717, 1.165) is 22.2 Å². The van der Waals surface area contributed by atoms with Gasteiger partial charge in [0, 0.05) is 29.1 Å². The highest BCUT2D eigenvalue weighted by Gasteiger charge is 2.20. The van der Waals surface area contributed by atoms with Gasteiger partial charge in [0.1, 0.15) is 5.75 Å². The summed E-state index contributed by atoms with van der Waals surface area (Å²) in [6.07, 6.45) is 5.05. The maximum atomic E-state index is 12.6. The number of methoxy groups -OCH3 is 1. The Hall–Kier alpha value is -2.18. The summed E-state index contributed by atoms with van der Waals surface area (Å²) in [5.74, 6) is 0.965. The average Bonchev–Trinajstić information content (AvgIpc) is 3.14. The van der Waals surface area contributed by atoms with Crippen LogP contribution in [0.5, 0.6) is 5.75 Å². The summed E-state index contributed by atoms with van der Waals surface area (Å²) in [5, 5.41) is 3.81. The number of rotatable bonds is 11. The van der Waals surface area contributed by atoms with Crippen molar-refractivity contribution >= 4 is 42.7 Å². The van der Waals surface area contributed by atoms with E-state index in [4.69, 9.17) is 25.4 Å². The van der Waals surface area contributed by atoms with Crippen LogP contribution in [-0.4, -0.2) is 48.7 Å². The van der Waals surface area contributed by atoms with Crippen LogP contribution in [0.2, 0.25) is 0 Å². The predicted octanol–water partition coefficient (Wildman–Crippen LogP) is 6.61. The minimum atomic E-state index is -1.24. The molecule has 0 atom stereocenters. The Morgan fingerprint density at radius 1 is 1.20 bits per heavy atom. The number of carbonyl (C=O) groups excluding carboxylic acids is 2. The average molecular weight is 527 g/mol. The molecule has 9 heteroatoms. The SMILES string of the molecule is C/C=C/C(=O)n1c(C)c(CNC(=O)CP(OCC)OCC)c2cc(OC)ccc21.C=CCCl.CC. The van der Waals surface area contributed by atoms with Crippen molar-refractivity contribution in [2.75, 3.05) is 32.4 Å². The number of halogens is 1. The van der Waals surface area contributed by atoms with Crippen LogP contribution in [0.15, 0.2) is 43.0 Å². The molecule has 2 aromatic rings. The van der Waals surface area contributed by atoms with Gasteiger partial charge in [0.15, 0.2) is 8.38 Å². The van der Waals surface area contributed by atoms with Gasteiger partial charge in [-0.3, -0.25) is 14.2 Å². The van der Waals surface area contributed by atoms with E-state index in [0.29, 0.717) is 31.4 Å². The second-order valence-electron chi connectivity index (χ2n) is 6.67. The van der Waals surface area contributed by atoms with E-state index in [1.165, 1.54) is 6.08 Å². The molecule has 196 valence electrons. The minimum absolute atomic E-state index is 0.131. The number of allylic oxidation sites excluding steroid dienone is 3. The number of nitrogens with one attached hydrogen (secondary N) is 1. The van der Waals surface area contributed by atoms with Crippen LogP contribution in [0.3, 0.4) is 0 Å². The van der Waals surface area contributed by atoms with E-state index in [2.05, 4.69) is 11.9 Å². The molecule has 1 aromatic carbocycles. The van der Waals surface area contributed by atoms with Crippen molar-refractivity contribution in [1.82, 2.24) is 9.88 Å². The molecule has 0 radical (unpaired) electrons. The lowest BCUT2D eigenvalue weighted by Crippen LogP contribution is -2.26. The Balaban J connectivity index is 0.00000174. The highest BCUT2D eigenvalue weighted by molar-refractivity contribution is 7.48. The second-order valence-corrected chi connectivity index (χ2v) is 8.47. The first-order valence-corrected chi connectivity index (χ1v) is 13.6. The predicted molar refractivity (Wildman–Crippen MR) is 148 cm³/mol. The smallest absolute Gasteiger partial charge is 0.254 e. The standard InChI is InChI=1S/C21H29N2O5P.C3H5Cl.C2H6/c1-6-9-21(25)23-15(4)18(17-12-16(26-5)10-11-19(17)23)13-22-20(24)14-29(27-7-2)28-8-3;1-2-3-4;1-2/h6,9-12H,7-8,13-14H2,1-5H3,(H,22,24);2H,1,3H2;1-2H3/b9-6+;;. The van der Waals surface area contributed by atoms with Crippen molar-refractivity contribution in [1.29, 1.82) is 0 Å². The summed E-state index contributed by atoms with van der Waals surface area (Å²) in [6, 6.07) is 5.56. The number of carbonyl (C=O) groups is 2. The van der Waals surface area contributed by atoms with Crippen LogP contribution in [0.4, 0.5) is 0 Å². The lowest BCUT2D eigenvalue weighted by molar-refractivity contribution is -0.118. The van der Waals surface area contributed by atoms with Gasteiger partial charge in [-0.25, -0.2) is 0 Å². The van der Waals surface area contributed by atoms with Crippen LogP contribution in [0.25, 0.3) is 10.9 Å². The van der Waals surface area contributed by atoms with E-state index in [1.807, 2.05) is 52.8 Å². The van der Waals surface area contributed by atoms with Crippen molar-refractivity contribution in [3.05, 3.63) is 54.3 Å². The lowest BCUT2D eigenvalue weighted by Gasteiger charge is -2.15. The van der Waals surface area contributed by atoms with Crippen molar-refractivity contribution in [2.24, 2.45) is 0 Å². The van der Waals surface area contributed by atoms with Crippen LogP contribution in [-0.2, 0) is 20.4 Å². The molecule has 1 amide bonds. The van der Waals surface area contributed by atoms with Gasteiger partial charge in [0.05, 0.1) is 32.0 Å². The Bertz CT molecular complexity index is 953. The summed E-state index contributed by atoms with van der Waals surface area (Å²) in [4.78, 5) is 25.0. The van der Waals surface area contributed by atoms with E-state index < -0.39 is 8.38 Å². The molecule has 7 nitrogen and oxygen atoms in total. The van der Waals surface area contributed by atoms with Crippen LogP contribution in [0, 0.1) is 6.92 Å². The first-order chi connectivity index (χ1) is 16.9. The summed E-state index contributed by atoms with van der Waals surface area (Å²) in [7, 11) is 0.357. The van der Waals surface area contributed by atoms with E-state index in [9.17, 15) is 9.59 Å². The van der Waals surface area contributed by atoms with Gasteiger partial charge in [0.2, 0.25) is 5.91 Å². The molecule has 1 N–H and O–H groups in total. The molecule has 0 aliphatic carbocycles. The normalized spacial score (nSPS) is 10.4. The van der Waals surface area contributed by atoms with Crippen molar-refractivity contribution < 1.29 is 23.4 Å². The van der Waals surface area contributed by atoms with Gasteiger partial charge in [0.25, 0.3) is 5.91 Å². The zero-order valence-corrected chi connectivity index (χ0v) is 23.7. The van der Waals surface area contributed by atoms with Crippen molar-refractivity contribution in [2.45, 2.75) is 48.1 Å². The molecule has 2 rings (SSSR count). The Morgan fingerprint density at radius 3 is 2.29 bits per heavy atom. The fraction of sp³-hybridized carbons (Fsp3) is 0.462. The van der Waals surface area contributed by atoms with Gasteiger partial charge in [-0.1, -0.05) is 26.0 Å². The topological polar surface area (TPSA) is 78.8 Å². The first-order valence-electron chi connectivity index (χ1n) is 11.7. The fourth-order valence-corrected chi connectivity index (χ4v) is 4.27. The third kappa shape index (κ3) is 10.5. The Kier molecular flexibility index (Phi) is 17.9. The maximum absolute atomic E-state index is 12.6. The Morgan fingerprint density at radius 2 is 1.80 bits per heavy atom. The molecule has 35 heavy (non-hydrogen) atoms. The van der Waals surface area contributed by atoms with Gasteiger partial charge >= 0.3 is 0 Å². The molecule has 0 aliphatic rings. The van der Waals surface area contributed by atoms with Crippen molar-refractivity contribution in [3.8, 4) is 5.75 Å². The minimum Gasteiger partial charge on any atom is -0.497 e. The molecule has 0 aliphatic heterocycles. The number of fused-ring (bicyclic) bond motifs is 1. The molecular formula is C26H40ClN2O5P. The van der Waals surface area contributed by atoms with E-state index in [1.54, 1.807) is 30.8 Å². The number of ether oxygens (including phenoxy) is 1. The quantitative estimate of drug-likeness (QED) is 0.154. The number of alkyl halides is 1. The summed E-state index contributed by atoms with van der Waals surface area (Å²) >= 11 is 5.07. The van der Waals surface area contributed by atoms with Gasteiger partial charge in [-0.05, 0) is 52.0 Å². The molecule has 0 saturated carbocycles. The molecule has 1 heterocycles. The highest BCUT2D eigenvalue weighted by atomic mass is 35.5. The molecule has 0 bridgehead atoms.